The summed E-state index contributed by atoms with van der Waals surface area (Å²) in [6, 6.07) is 27.0. The summed E-state index contributed by atoms with van der Waals surface area (Å²) in [5, 5.41) is 17.5. The number of hydrogen-bond acceptors (Lipinski definition) is 3. The molecule has 26 heavy (non-hydrogen) atoms. The SMILES string of the molecule is OCCOc1ccccc1CNc1c2ccccc2cc2ccccc12. The third-order valence-electron chi connectivity index (χ3n) is 4.55. The second kappa shape index (κ2) is 7.46. The van der Waals surface area contributed by atoms with E-state index in [-0.39, 0.29) is 6.61 Å². The third-order valence-corrected chi connectivity index (χ3v) is 4.55. The quantitative estimate of drug-likeness (QED) is 0.485. The summed E-state index contributed by atoms with van der Waals surface area (Å²) in [4.78, 5) is 0. The van der Waals surface area contributed by atoms with Gasteiger partial charge in [0.1, 0.15) is 12.4 Å². The van der Waals surface area contributed by atoms with E-state index in [4.69, 9.17) is 9.84 Å². The van der Waals surface area contributed by atoms with Crippen LogP contribution in [0.2, 0.25) is 0 Å². The number of anilines is 1. The van der Waals surface area contributed by atoms with Gasteiger partial charge in [-0.15, -0.1) is 0 Å². The molecule has 0 heterocycles. The zero-order chi connectivity index (χ0) is 17.8. The number of nitrogens with one attached hydrogen (secondary N) is 1. The average Bonchev–Trinajstić information content (AvgIpc) is 2.70. The molecule has 130 valence electrons. The van der Waals surface area contributed by atoms with Crippen molar-refractivity contribution in [3.8, 4) is 5.75 Å². The minimum atomic E-state index is 0.00965. The minimum absolute atomic E-state index is 0.00965. The second-order valence-corrected chi connectivity index (χ2v) is 6.23. The van der Waals surface area contributed by atoms with Crippen LogP contribution in [0.15, 0.2) is 78.9 Å². The van der Waals surface area contributed by atoms with Crippen molar-refractivity contribution in [2.24, 2.45) is 0 Å². The molecule has 0 amide bonds. The number of para-hydroxylation sites is 1. The van der Waals surface area contributed by atoms with Crippen molar-refractivity contribution in [3.05, 3.63) is 84.4 Å². The molecule has 0 unspecified atom stereocenters. The topological polar surface area (TPSA) is 41.5 Å². The summed E-state index contributed by atoms with van der Waals surface area (Å²) in [5.74, 6) is 0.804. The molecule has 0 fully saturated rings. The Morgan fingerprint density at radius 3 is 2.08 bits per heavy atom. The number of rotatable bonds is 6. The van der Waals surface area contributed by atoms with Crippen LogP contribution >= 0.6 is 0 Å². The van der Waals surface area contributed by atoms with Crippen LogP contribution in [0.5, 0.6) is 5.75 Å². The first-order valence-electron chi connectivity index (χ1n) is 8.83. The molecular formula is C23H21NO2. The van der Waals surface area contributed by atoms with E-state index in [1.807, 2.05) is 24.3 Å². The predicted molar refractivity (Wildman–Crippen MR) is 108 cm³/mol. The van der Waals surface area contributed by atoms with E-state index in [9.17, 15) is 0 Å². The van der Waals surface area contributed by atoms with Gasteiger partial charge in [-0.3, -0.25) is 0 Å². The maximum absolute atomic E-state index is 9.02. The highest BCUT2D eigenvalue weighted by Crippen LogP contribution is 2.33. The Kier molecular flexibility index (Phi) is 4.71. The van der Waals surface area contributed by atoms with Gasteiger partial charge in [0.05, 0.1) is 12.3 Å². The maximum Gasteiger partial charge on any atom is 0.124 e. The third kappa shape index (κ3) is 3.22. The van der Waals surface area contributed by atoms with Crippen LogP contribution in [0.25, 0.3) is 21.5 Å². The number of fused-ring (bicyclic) bond motifs is 2. The van der Waals surface area contributed by atoms with E-state index in [0.717, 1.165) is 17.0 Å². The van der Waals surface area contributed by atoms with Gasteiger partial charge < -0.3 is 15.2 Å². The molecule has 4 aromatic rings. The zero-order valence-corrected chi connectivity index (χ0v) is 14.5. The highest BCUT2D eigenvalue weighted by molar-refractivity contribution is 6.10. The Morgan fingerprint density at radius 2 is 1.38 bits per heavy atom. The van der Waals surface area contributed by atoms with Crippen LogP contribution in [-0.2, 0) is 6.54 Å². The molecule has 4 rings (SSSR count). The fourth-order valence-electron chi connectivity index (χ4n) is 3.33. The molecule has 0 aliphatic heterocycles. The lowest BCUT2D eigenvalue weighted by Gasteiger charge is -2.16. The number of aliphatic hydroxyl groups excluding tert-OH is 1. The summed E-state index contributed by atoms with van der Waals surface area (Å²) in [6.45, 7) is 0.962. The van der Waals surface area contributed by atoms with Gasteiger partial charge in [0.25, 0.3) is 0 Å². The van der Waals surface area contributed by atoms with E-state index < -0.39 is 0 Å². The van der Waals surface area contributed by atoms with Crippen molar-refractivity contribution in [2.75, 3.05) is 18.5 Å². The van der Waals surface area contributed by atoms with Gasteiger partial charge in [-0.05, 0) is 22.9 Å². The minimum Gasteiger partial charge on any atom is -0.491 e. The van der Waals surface area contributed by atoms with Crippen LogP contribution in [0, 0.1) is 0 Å². The second-order valence-electron chi connectivity index (χ2n) is 6.23. The van der Waals surface area contributed by atoms with Gasteiger partial charge in [-0.2, -0.15) is 0 Å². The number of hydrogen-bond donors (Lipinski definition) is 2. The molecule has 0 saturated carbocycles. The summed E-state index contributed by atoms with van der Waals surface area (Å²) in [6.07, 6.45) is 0. The predicted octanol–water partition coefficient (Wildman–Crippen LogP) is 4.98. The Bertz CT molecular complexity index is 988. The summed E-state index contributed by atoms with van der Waals surface area (Å²) < 4.78 is 5.66. The van der Waals surface area contributed by atoms with E-state index in [1.54, 1.807) is 0 Å². The monoisotopic (exact) mass is 343 g/mol. The summed E-state index contributed by atoms with van der Waals surface area (Å²) >= 11 is 0. The smallest absolute Gasteiger partial charge is 0.124 e. The standard InChI is InChI=1S/C23H21NO2/c25-13-14-26-22-12-6-3-9-19(22)16-24-23-20-10-4-1-7-17(20)15-18-8-2-5-11-21(18)23/h1-12,15,24-25H,13-14,16H2. The molecule has 2 N–H and O–H groups in total. The fraction of sp³-hybridized carbons (Fsp3) is 0.130. The molecule has 0 radical (unpaired) electrons. The first-order valence-corrected chi connectivity index (χ1v) is 8.83. The molecule has 0 aromatic heterocycles. The molecule has 4 aromatic carbocycles. The molecule has 0 aliphatic carbocycles. The highest BCUT2D eigenvalue weighted by Gasteiger charge is 2.09. The maximum atomic E-state index is 9.02. The van der Waals surface area contributed by atoms with Crippen LogP contribution in [-0.4, -0.2) is 18.3 Å². The van der Waals surface area contributed by atoms with Crippen LogP contribution in [0.1, 0.15) is 5.56 Å². The summed E-state index contributed by atoms with van der Waals surface area (Å²) in [7, 11) is 0. The molecule has 0 spiro atoms. The van der Waals surface area contributed by atoms with Crippen molar-refractivity contribution < 1.29 is 9.84 Å². The molecule has 0 bridgehead atoms. The lowest BCUT2D eigenvalue weighted by molar-refractivity contribution is 0.200. The molecule has 0 saturated heterocycles. The van der Waals surface area contributed by atoms with Crippen molar-refractivity contribution >= 4 is 27.2 Å². The van der Waals surface area contributed by atoms with Crippen molar-refractivity contribution in [3.63, 3.8) is 0 Å². The van der Waals surface area contributed by atoms with Gasteiger partial charge in [0.15, 0.2) is 0 Å². The Balaban J connectivity index is 1.73. The Hall–Kier alpha value is -3.04. The Labute approximate surface area is 152 Å². The van der Waals surface area contributed by atoms with E-state index >= 15 is 0 Å². The van der Waals surface area contributed by atoms with Gasteiger partial charge in [-0.25, -0.2) is 0 Å². The van der Waals surface area contributed by atoms with Crippen molar-refractivity contribution in [1.29, 1.82) is 0 Å². The normalized spacial score (nSPS) is 11.0. The number of benzene rings is 4. The summed E-state index contributed by atoms with van der Waals surface area (Å²) in [5.41, 5.74) is 2.20. The lowest BCUT2D eigenvalue weighted by Crippen LogP contribution is -2.07. The average molecular weight is 343 g/mol. The number of ether oxygens (including phenoxy) is 1. The van der Waals surface area contributed by atoms with Gasteiger partial charge in [-0.1, -0.05) is 66.7 Å². The Morgan fingerprint density at radius 1 is 0.769 bits per heavy atom. The van der Waals surface area contributed by atoms with Crippen LogP contribution < -0.4 is 10.1 Å². The van der Waals surface area contributed by atoms with Gasteiger partial charge >= 0.3 is 0 Å². The van der Waals surface area contributed by atoms with Gasteiger partial charge in [0.2, 0.25) is 0 Å². The molecule has 3 heteroatoms. The van der Waals surface area contributed by atoms with Crippen LogP contribution in [0.4, 0.5) is 5.69 Å². The molecule has 0 aliphatic rings. The highest BCUT2D eigenvalue weighted by atomic mass is 16.5. The first kappa shape index (κ1) is 16.4. The fourth-order valence-corrected chi connectivity index (χ4v) is 3.33. The van der Waals surface area contributed by atoms with E-state index in [1.165, 1.54) is 21.5 Å². The number of aliphatic hydroxyl groups is 1. The molecular weight excluding hydrogens is 322 g/mol. The largest absolute Gasteiger partial charge is 0.491 e. The van der Waals surface area contributed by atoms with Crippen LogP contribution in [0.3, 0.4) is 0 Å². The lowest BCUT2D eigenvalue weighted by atomic mass is 10.0. The van der Waals surface area contributed by atoms with Gasteiger partial charge in [0, 0.05) is 22.9 Å². The molecule has 0 atom stereocenters. The zero-order valence-electron chi connectivity index (χ0n) is 14.5. The van der Waals surface area contributed by atoms with E-state index in [2.05, 4.69) is 59.9 Å². The van der Waals surface area contributed by atoms with E-state index in [0.29, 0.717) is 13.2 Å². The van der Waals surface area contributed by atoms with Crippen molar-refractivity contribution in [2.45, 2.75) is 6.54 Å². The van der Waals surface area contributed by atoms with Crippen molar-refractivity contribution in [1.82, 2.24) is 0 Å². The molecule has 3 nitrogen and oxygen atoms in total. The first-order chi connectivity index (χ1) is 12.9.